The lowest BCUT2D eigenvalue weighted by atomic mass is 10.1. The lowest BCUT2D eigenvalue weighted by Gasteiger charge is -2.07. The Kier molecular flexibility index (Phi) is 2.09. The van der Waals surface area contributed by atoms with E-state index in [0.29, 0.717) is 0 Å². The molecule has 0 unspecified atom stereocenters. The van der Waals surface area contributed by atoms with Crippen LogP contribution >= 0.6 is 24.8 Å². The molecule has 9 heavy (non-hydrogen) atoms. The molecule has 0 N–H and O–H groups in total. The molecule has 2 heteroatoms. The first-order valence-electron chi connectivity index (χ1n) is 2.80. The van der Waals surface area contributed by atoms with Crippen LogP contribution in [-0.2, 0) is 0 Å². The molecule has 0 aliphatic heterocycles. The quantitative estimate of drug-likeness (QED) is 0.415. The zero-order chi connectivity index (χ0) is 6.85. The summed E-state index contributed by atoms with van der Waals surface area (Å²) < 4.78 is 0. The molecule has 0 aromatic rings. The largest absolute Gasteiger partial charge is 0.142 e. The van der Waals surface area contributed by atoms with Crippen LogP contribution in [0.2, 0.25) is 0 Å². The summed E-state index contributed by atoms with van der Waals surface area (Å²) in [5, 5.41) is 0. The highest BCUT2D eigenvalue weighted by atomic mass is 32.1. The molecular weight excluding hydrogens is 148 g/mol. The normalized spacial score (nSPS) is 19.1. The van der Waals surface area contributed by atoms with E-state index in [-0.39, 0.29) is 0 Å². The maximum absolute atomic E-state index is 5.02. The van der Waals surface area contributed by atoms with Gasteiger partial charge >= 0.3 is 0 Å². The fourth-order valence-electron chi connectivity index (χ4n) is 0.717. The molecule has 1 aliphatic rings. The van der Waals surface area contributed by atoms with E-state index in [2.05, 4.69) is 25.6 Å². The van der Waals surface area contributed by atoms with Crippen molar-refractivity contribution in [3.05, 3.63) is 22.6 Å². The second-order valence-electron chi connectivity index (χ2n) is 2.16. The van der Waals surface area contributed by atoms with Gasteiger partial charge in [0.25, 0.3) is 0 Å². The summed E-state index contributed by atoms with van der Waals surface area (Å²) in [5.74, 6) is 0. The third-order valence-corrected chi connectivity index (χ3v) is 2.19. The summed E-state index contributed by atoms with van der Waals surface area (Å²) >= 11 is 9.19. The zero-order valence-corrected chi connectivity index (χ0v) is 6.93. The molecule has 0 amide bonds. The molecule has 0 fully saturated rings. The standard InChI is InChI=1S/C7H8S2/c1-5-2-3-6(8)7(9)4-5/h2-3,8H,4H2,1H3. The van der Waals surface area contributed by atoms with Gasteiger partial charge in [0.15, 0.2) is 0 Å². The van der Waals surface area contributed by atoms with Crippen molar-refractivity contribution in [3.63, 3.8) is 0 Å². The minimum absolute atomic E-state index is 0.907. The minimum atomic E-state index is 0.907. The van der Waals surface area contributed by atoms with Crippen LogP contribution in [0, 0.1) is 0 Å². The van der Waals surface area contributed by atoms with E-state index in [0.717, 1.165) is 16.2 Å². The number of hydrogen-bond acceptors (Lipinski definition) is 2. The van der Waals surface area contributed by atoms with Crippen molar-refractivity contribution in [2.24, 2.45) is 0 Å². The fraction of sp³-hybridized carbons (Fsp3) is 0.286. The Labute approximate surface area is 66.1 Å². The molecule has 48 valence electrons. The predicted molar refractivity (Wildman–Crippen MR) is 48.0 cm³/mol. The molecule has 1 rings (SSSR count). The molecule has 0 saturated carbocycles. The molecule has 0 aromatic carbocycles. The summed E-state index contributed by atoms with van der Waals surface area (Å²) in [6.07, 6.45) is 4.91. The van der Waals surface area contributed by atoms with Crippen LogP contribution in [0.1, 0.15) is 13.3 Å². The third kappa shape index (κ3) is 1.66. The van der Waals surface area contributed by atoms with Gasteiger partial charge in [-0.05, 0) is 13.0 Å². The first-order chi connectivity index (χ1) is 4.20. The highest BCUT2D eigenvalue weighted by molar-refractivity contribution is 7.90. The Hall–Kier alpha value is -0.0800. The zero-order valence-electron chi connectivity index (χ0n) is 5.22. The highest BCUT2D eigenvalue weighted by Gasteiger charge is 2.04. The van der Waals surface area contributed by atoms with Gasteiger partial charge in [-0.25, -0.2) is 0 Å². The van der Waals surface area contributed by atoms with Gasteiger partial charge in [-0.1, -0.05) is 23.9 Å². The van der Waals surface area contributed by atoms with Crippen LogP contribution in [-0.4, -0.2) is 4.86 Å². The van der Waals surface area contributed by atoms with Crippen molar-refractivity contribution < 1.29 is 0 Å². The van der Waals surface area contributed by atoms with Gasteiger partial charge in [0, 0.05) is 16.2 Å². The van der Waals surface area contributed by atoms with E-state index < -0.39 is 0 Å². The summed E-state index contributed by atoms with van der Waals surface area (Å²) in [4.78, 5) is 1.90. The Bertz CT molecular complexity index is 199. The number of rotatable bonds is 0. The SMILES string of the molecule is CC1=CC=C(S)C(=S)C1. The molecular formula is C7H8S2. The molecule has 0 heterocycles. The van der Waals surface area contributed by atoms with Crippen LogP contribution in [0.4, 0.5) is 0 Å². The van der Waals surface area contributed by atoms with Crippen molar-refractivity contribution in [2.75, 3.05) is 0 Å². The Balaban J connectivity index is 2.86. The van der Waals surface area contributed by atoms with Crippen LogP contribution in [0.5, 0.6) is 0 Å². The summed E-state index contributed by atoms with van der Waals surface area (Å²) in [6.45, 7) is 2.07. The lowest BCUT2D eigenvalue weighted by Crippen LogP contribution is -1.98. The topological polar surface area (TPSA) is 0 Å². The summed E-state index contributed by atoms with van der Waals surface area (Å²) in [6, 6.07) is 0. The molecule has 0 nitrogen and oxygen atoms in total. The third-order valence-electron chi connectivity index (χ3n) is 1.25. The minimum Gasteiger partial charge on any atom is -0.142 e. The van der Waals surface area contributed by atoms with Gasteiger partial charge < -0.3 is 0 Å². The Morgan fingerprint density at radius 2 is 2.22 bits per heavy atom. The van der Waals surface area contributed by atoms with Crippen molar-refractivity contribution in [2.45, 2.75) is 13.3 Å². The Morgan fingerprint density at radius 1 is 1.56 bits per heavy atom. The predicted octanol–water partition coefficient (Wildman–Crippen LogP) is 2.52. The van der Waals surface area contributed by atoms with E-state index in [1.165, 1.54) is 5.57 Å². The van der Waals surface area contributed by atoms with Gasteiger partial charge in [0.05, 0.1) is 0 Å². The van der Waals surface area contributed by atoms with Gasteiger partial charge in [-0.15, -0.1) is 12.6 Å². The first kappa shape index (κ1) is 7.03. The first-order valence-corrected chi connectivity index (χ1v) is 3.65. The number of thiocarbonyl (C=S) groups is 1. The average Bonchev–Trinajstić information content (AvgIpc) is 1.80. The fourth-order valence-corrected chi connectivity index (χ4v) is 1.17. The van der Waals surface area contributed by atoms with Crippen LogP contribution in [0.3, 0.4) is 0 Å². The average molecular weight is 156 g/mol. The summed E-state index contributed by atoms with van der Waals surface area (Å²) in [5.41, 5.74) is 1.32. The van der Waals surface area contributed by atoms with Crippen molar-refractivity contribution in [1.29, 1.82) is 0 Å². The van der Waals surface area contributed by atoms with E-state index in [4.69, 9.17) is 12.2 Å². The number of allylic oxidation sites excluding steroid dienone is 4. The molecule has 0 radical (unpaired) electrons. The summed E-state index contributed by atoms with van der Waals surface area (Å²) in [7, 11) is 0. The number of thiol groups is 1. The van der Waals surface area contributed by atoms with Crippen molar-refractivity contribution in [1.82, 2.24) is 0 Å². The molecule has 1 aliphatic carbocycles. The van der Waals surface area contributed by atoms with Gasteiger partial charge in [-0.3, -0.25) is 0 Å². The van der Waals surface area contributed by atoms with Gasteiger partial charge in [0.2, 0.25) is 0 Å². The Morgan fingerprint density at radius 3 is 2.67 bits per heavy atom. The monoisotopic (exact) mass is 156 g/mol. The van der Waals surface area contributed by atoms with E-state index >= 15 is 0 Å². The molecule has 0 spiro atoms. The van der Waals surface area contributed by atoms with Crippen LogP contribution < -0.4 is 0 Å². The lowest BCUT2D eigenvalue weighted by molar-refractivity contribution is 1.27. The second kappa shape index (κ2) is 2.67. The maximum Gasteiger partial charge on any atom is 0.0325 e. The second-order valence-corrected chi connectivity index (χ2v) is 3.14. The van der Waals surface area contributed by atoms with E-state index in [9.17, 15) is 0 Å². The number of hydrogen-bond donors (Lipinski definition) is 1. The highest BCUT2D eigenvalue weighted by Crippen LogP contribution is 2.17. The molecule has 0 aromatic heterocycles. The smallest absolute Gasteiger partial charge is 0.0325 e. The van der Waals surface area contributed by atoms with Crippen LogP contribution in [0.25, 0.3) is 0 Å². The molecule has 0 atom stereocenters. The van der Waals surface area contributed by atoms with E-state index in [1.54, 1.807) is 0 Å². The molecule has 0 bridgehead atoms. The van der Waals surface area contributed by atoms with E-state index in [1.807, 2.05) is 6.08 Å². The van der Waals surface area contributed by atoms with Crippen molar-refractivity contribution in [3.8, 4) is 0 Å². The van der Waals surface area contributed by atoms with Crippen LogP contribution in [0.15, 0.2) is 22.6 Å². The van der Waals surface area contributed by atoms with Gasteiger partial charge in [-0.2, -0.15) is 0 Å². The maximum atomic E-state index is 5.02. The van der Waals surface area contributed by atoms with Gasteiger partial charge in [0.1, 0.15) is 0 Å². The van der Waals surface area contributed by atoms with Crippen molar-refractivity contribution >= 4 is 29.7 Å². The molecule has 0 saturated heterocycles.